The van der Waals surface area contributed by atoms with Gasteiger partial charge in [0.2, 0.25) is 5.60 Å². The maximum absolute atomic E-state index is 12.2. The van der Waals surface area contributed by atoms with Crippen molar-refractivity contribution in [3.63, 3.8) is 0 Å². The maximum atomic E-state index is 12.2. The first kappa shape index (κ1) is 17.4. The molecule has 0 aliphatic carbocycles. The molecule has 1 fully saturated rings. The van der Waals surface area contributed by atoms with Gasteiger partial charge < -0.3 is 20.3 Å². The van der Waals surface area contributed by atoms with E-state index in [1.807, 2.05) is 0 Å². The number of hydrogen-bond donors (Lipinski definition) is 4. The number of amides is 3. The Labute approximate surface area is 148 Å². The summed E-state index contributed by atoms with van der Waals surface area (Å²) in [5.41, 5.74) is -0.716. The lowest BCUT2D eigenvalue weighted by Crippen LogP contribution is -2.38. The van der Waals surface area contributed by atoms with Crippen molar-refractivity contribution in [1.29, 1.82) is 5.26 Å². The molecule has 2 aromatic rings. The fourth-order valence-corrected chi connectivity index (χ4v) is 2.60. The molecule has 134 valence electrons. The zero-order valence-electron chi connectivity index (χ0n) is 13.8. The van der Waals surface area contributed by atoms with E-state index in [1.165, 1.54) is 17.2 Å². The van der Waals surface area contributed by atoms with Crippen molar-refractivity contribution >= 4 is 23.4 Å². The molecule has 0 aromatic carbocycles. The molecule has 0 unspecified atom stereocenters. The molecular weight excluding hydrogens is 338 g/mol. The number of nitriles is 1. The number of H-pyrrole nitrogens is 1. The lowest BCUT2D eigenvalue weighted by Gasteiger charge is -2.18. The van der Waals surface area contributed by atoms with Gasteiger partial charge in [-0.15, -0.1) is 0 Å². The summed E-state index contributed by atoms with van der Waals surface area (Å²) < 4.78 is 0. The van der Waals surface area contributed by atoms with Crippen molar-refractivity contribution in [3.8, 4) is 6.07 Å². The van der Waals surface area contributed by atoms with E-state index in [1.54, 1.807) is 24.7 Å². The number of rotatable bonds is 5. The molecule has 26 heavy (non-hydrogen) atoms. The van der Waals surface area contributed by atoms with Crippen molar-refractivity contribution < 1.29 is 14.7 Å². The predicted molar refractivity (Wildman–Crippen MR) is 91.1 cm³/mol. The molecule has 1 atom stereocenters. The molecule has 3 rings (SSSR count). The minimum atomic E-state index is -2.00. The monoisotopic (exact) mass is 355 g/mol. The number of anilines is 2. The van der Waals surface area contributed by atoms with E-state index in [-0.39, 0.29) is 18.8 Å². The van der Waals surface area contributed by atoms with E-state index >= 15 is 0 Å². The lowest BCUT2D eigenvalue weighted by atomic mass is 10.1. The van der Waals surface area contributed by atoms with Gasteiger partial charge in [-0.2, -0.15) is 5.26 Å². The number of nitrogens with one attached hydrogen (secondary N) is 3. The van der Waals surface area contributed by atoms with Crippen LogP contribution in [0.15, 0.2) is 30.9 Å². The minimum Gasteiger partial charge on any atom is -0.368 e. The van der Waals surface area contributed by atoms with Gasteiger partial charge in [-0.25, -0.2) is 14.8 Å². The van der Waals surface area contributed by atoms with E-state index in [2.05, 4.69) is 25.6 Å². The summed E-state index contributed by atoms with van der Waals surface area (Å²) in [4.78, 5) is 36.3. The average molecular weight is 355 g/mol. The Balaban J connectivity index is 1.58. The summed E-state index contributed by atoms with van der Waals surface area (Å²) >= 11 is 0. The van der Waals surface area contributed by atoms with Crippen LogP contribution in [0.2, 0.25) is 0 Å². The summed E-state index contributed by atoms with van der Waals surface area (Å²) in [5, 5.41) is 24.2. The number of aliphatic hydroxyl groups is 1. The molecule has 0 bridgehead atoms. The molecule has 10 heteroatoms. The summed E-state index contributed by atoms with van der Waals surface area (Å²) in [6.07, 6.45) is 5.37. The normalized spacial score (nSPS) is 19.2. The van der Waals surface area contributed by atoms with Crippen LogP contribution in [-0.4, -0.2) is 50.7 Å². The molecule has 2 aromatic heterocycles. The minimum absolute atomic E-state index is 0.0289. The predicted octanol–water partition coefficient (Wildman–Crippen LogP) is 0.160. The topological polar surface area (TPSA) is 147 Å². The fourth-order valence-electron chi connectivity index (χ4n) is 2.60. The molecule has 1 aliphatic heterocycles. The molecular formula is C16H17N7O3. The summed E-state index contributed by atoms with van der Waals surface area (Å²) in [5.74, 6) is -0.430. The highest BCUT2D eigenvalue weighted by atomic mass is 16.3. The van der Waals surface area contributed by atoms with Crippen molar-refractivity contribution in [3.05, 3.63) is 36.5 Å². The van der Waals surface area contributed by atoms with Gasteiger partial charge in [0.15, 0.2) is 0 Å². The Morgan fingerprint density at radius 3 is 3.04 bits per heavy atom. The van der Waals surface area contributed by atoms with Crippen LogP contribution < -0.4 is 15.5 Å². The van der Waals surface area contributed by atoms with Crippen LogP contribution in [0, 0.1) is 11.3 Å². The number of aromatic nitrogens is 3. The Morgan fingerprint density at radius 1 is 1.50 bits per heavy atom. The summed E-state index contributed by atoms with van der Waals surface area (Å²) in [6.45, 7) is 0.610. The number of hydrogen-bond acceptors (Lipinski definition) is 6. The second kappa shape index (κ2) is 7.20. The number of carbonyl (C=O) groups excluding carboxylic acids is 2. The molecule has 0 spiro atoms. The van der Waals surface area contributed by atoms with Gasteiger partial charge in [-0.05, 0) is 6.07 Å². The molecule has 4 N–H and O–H groups in total. The first-order chi connectivity index (χ1) is 12.5. The standard InChI is InChI=1S/C16H17N7O3/c17-9-16(26)3-6-23(14(16)24)12-2-5-19-13(7-12)22-15(25)20-4-1-11-8-18-10-21-11/h2,5,7-8,10,26H,1,3-4,6H2,(H,18,21)(H2,19,20,22,25)/t16-/m0/s1. The van der Waals surface area contributed by atoms with E-state index in [0.29, 0.717) is 18.7 Å². The van der Waals surface area contributed by atoms with Gasteiger partial charge >= 0.3 is 6.03 Å². The average Bonchev–Trinajstić information content (AvgIpc) is 3.25. The van der Waals surface area contributed by atoms with Crippen LogP contribution in [0.3, 0.4) is 0 Å². The number of aromatic amines is 1. The van der Waals surface area contributed by atoms with E-state index in [0.717, 1.165) is 5.69 Å². The zero-order valence-corrected chi connectivity index (χ0v) is 13.8. The number of nitrogens with zero attached hydrogens (tertiary/aromatic N) is 4. The van der Waals surface area contributed by atoms with E-state index in [9.17, 15) is 14.7 Å². The molecule has 10 nitrogen and oxygen atoms in total. The van der Waals surface area contributed by atoms with Crippen molar-refractivity contribution in [2.24, 2.45) is 0 Å². The first-order valence-electron chi connectivity index (χ1n) is 7.96. The van der Waals surface area contributed by atoms with Gasteiger partial charge in [-0.3, -0.25) is 10.1 Å². The van der Waals surface area contributed by atoms with Crippen molar-refractivity contribution in [1.82, 2.24) is 20.3 Å². The largest absolute Gasteiger partial charge is 0.368 e. The van der Waals surface area contributed by atoms with E-state index in [4.69, 9.17) is 5.26 Å². The van der Waals surface area contributed by atoms with E-state index < -0.39 is 17.5 Å². The smallest absolute Gasteiger partial charge is 0.320 e. The van der Waals surface area contributed by atoms with Crippen molar-refractivity contribution in [2.45, 2.75) is 18.4 Å². The molecule has 0 radical (unpaired) electrons. The second-order valence-corrected chi connectivity index (χ2v) is 5.77. The van der Waals surface area contributed by atoms with Gasteiger partial charge in [0, 0.05) is 50.1 Å². The highest BCUT2D eigenvalue weighted by Crippen LogP contribution is 2.28. The quantitative estimate of drug-likeness (QED) is 0.562. The Morgan fingerprint density at radius 2 is 2.35 bits per heavy atom. The van der Waals surface area contributed by atoms with Crippen LogP contribution in [0.4, 0.5) is 16.3 Å². The Bertz CT molecular complexity index is 846. The maximum Gasteiger partial charge on any atom is 0.320 e. The Hall–Kier alpha value is -3.45. The number of urea groups is 1. The summed E-state index contributed by atoms with van der Waals surface area (Å²) in [6, 6.07) is 4.27. The fraction of sp³-hybridized carbons (Fsp3) is 0.312. The van der Waals surface area contributed by atoms with Crippen LogP contribution >= 0.6 is 0 Å². The Kier molecular flexibility index (Phi) is 4.81. The van der Waals surface area contributed by atoms with Crippen molar-refractivity contribution in [2.75, 3.05) is 23.3 Å². The second-order valence-electron chi connectivity index (χ2n) is 5.77. The molecule has 3 amide bonds. The molecule has 1 aliphatic rings. The van der Waals surface area contributed by atoms with Crippen LogP contribution in [0.25, 0.3) is 0 Å². The highest BCUT2D eigenvalue weighted by Gasteiger charge is 2.46. The van der Waals surface area contributed by atoms with Gasteiger partial charge in [0.25, 0.3) is 5.91 Å². The van der Waals surface area contributed by atoms with Crippen LogP contribution in [0.1, 0.15) is 12.1 Å². The van der Waals surface area contributed by atoms with Crippen LogP contribution in [0.5, 0.6) is 0 Å². The van der Waals surface area contributed by atoms with Gasteiger partial charge in [0.05, 0.1) is 12.0 Å². The lowest BCUT2D eigenvalue weighted by molar-refractivity contribution is -0.128. The third-order valence-corrected chi connectivity index (χ3v) is 4.00. The van der Waals surface area contributed by atoms with Crippen LogP contribution in [-0.2, 0) is 11.2 Å². The third-order valence-electron chi connectivity index (χ3n) is 4.00. The zero-order chi connectivity index (χ0) is 18.6. The number of carbonyl (C=O) groups is 2. The highest BCUT2D eigenvalue weighted by molar-refractivity contribution is 6.04. The first-order valence-corrected chi connectivity index (χ1v) is 7.96. The SMILES string of the molecule is N#C[C@@]1(O)CCN(c2ccnc(NC(=O)NCCc3c[nH]cn3)c2)C1=O. The molecule has 0 saturated carbocycles. The van der Waals surface area contributed by atoms with Gasteiger partial charge in [0.1, 0.15) is 11.9 Å². The summed E-state index contributed by atoms with van der Waals surface area (Å²) in [7, 11) is 0. The number of imidazole rings is 1. The third kappa shape index (κ3) is 3.62. The molecule has 3 heterocycles. The molecule has 1 saturated heterocycles. The van der Waals surface area contributed by atoms with Gasteiger partial charge in [-0.1, -0.05) is 0 Å². The number of pyridine rings is 1.